The van der Waals surface area contributed by atoms with E-state index >= 15 is 0 Å². The normalized spacial score (nSPS) is 14.4. The van der Waals surface area contributed by atoms with Crippen molar-refractivity contribution in [2.24, 2.45) is 0 Å². The van der Waals surface area contributed by atoms with Crippen LogP contribution in [-0.2, 0) is 4.74 Å². The predicted molar refractivity (Wildman–Crippen MR) is 98.2 cm³/mol. The first-order valence-corrected chi connectivity index (χ1v) is 8.44. The van der Waals surface area contributed by atoms with Gasteiger partial charge in [-0.1, -0.05) is 60.7 Å². The molecular weight excluding hydrogens is 316 g/mol. The van der Waals surface area contributed by atoms with Crippen LogP contribution in [0, 0.1) is 0 Å². The average molecular weight is 342 g/mol. The first kappa shape index (κ1) is 19.0. The van der Waals surface area contributed by atoms with E-state index in [-0.39, 0.29) is 18.1 Å². The Morgan fingerprint density at radius 2 is 1.56 bits per heavy atom. The molecule has 2 aromatic rings. The lowest BCUT2D eigenvalue weighted by molar-refractivity contribution is 0.151. The summed E-state index contributed by atoms with van der Waals surface area (Å²) in [6.45, 7) is 2.26. The first-order chi connectivity index (χ1) is 12.1. The van der Waals surface area contributed by atoms with Gasteiger partial charge in [-0.3, -0.25) is 0 Å². The standard InChI is InChI=1S/C20H26N2O3/c1-15(13-19(23)17-11-7-4-8-12-17)21-20(24)22-18(14-25-2)16-9-5-3-6-10-16/h3-12,15,18-19,23H,13-14H2,1-2H3,(H2,21,22,24). The molecule has 0 fully saturated rings. The lowest BCUT2D eigenvalue weighted by atomic mass is 10.0. The second-order valence-electron chi connectivity index (χ2n) is 6.10. The molecule has 134 valence electrons. The molecule has 2 rings (SSSR count). The number of nitrogens with one attached hydrogen (secondary N) is 2. The number of hydrogen-bond acceptors (Lipinski definition) is 3. The minimum atomic E-state index is -0.611. The van der Waals surface area contributed by atoms with Crippen LogP contribution in [-0.4, -0.2) is 30.9 Å². The van der Waals surface area contributed by atoms with Gasteiger partial charge in [0.15, 0.2) is 0 Å². The van der Waals surface area contributed by atoms with Crippen LogP contribution in [0.2, 0.25) is 0 Å². The number of benzene rings is 2. The fourth-order valence-corrected chi connectivity index (χ4v) is 2.70. The van der Waals surface area contributed by atoms with E-state index < -0.39 is 6.10 Å². The van der Waals surface area contributed by atoms with Gasteiger partial charge in [-0.05, 0) is 24.5 Å². The SMILES string of the molecule is COCC(NC(=O)NC(C)CC(O)c1ccccc1)c1ccccc1. The molecule has 5 nitrogen and oxygen atoms in total. The summed E-state index contributed by atoms with van der Waals surface area (Å²) in [5.74, 6) is 0. The van der Waals surface area contributed by atoms with Crippen LogP contribution in [0.15, 0.2) is 60.7 Å². The Balaban J connectivity index is 1.87. The van der Waals surface area contributed by atoms with Crippen molar-refractivity contribution in [3.8, 4) is 0 Å². The molecule has 0 saturated carbocycles. The molecule has 3 atom stereocenters. The van der Waals surface area contributed by atoms with Crippen LogP contribution in [0.1, 0.15) is 36.6 Å². The Hall–Kier alpha value is -2.37. The summed E-state index contributed by atoms with van der Waals surface area (Å²) in [6, 6.07) is 18.4. The van der Waals surface area contributed by atoms with Gasteiger partial charge in [0.05, 0.1) is 18.8 Å². The second kappa shape index (κ2) is 9.81. The van der Waals surface area contributed by atoms with Gasteiger partial charge in [0.25, 0.3) is 0 Å². The molecule has 2 amide bonds. The summed E-state index contributed by atoms with van der Waals surface area (Å²) in [5, 5.41) is 16.1. The third-order valence-corrected chi connectivity index (χ3v) is 3.98. The third-order valence-electron chi connectivity index (χ3n) is 3.98. The Morgan fingerprint density at radius 1 is 1.00 bits per heavy atom. The van der Waals surface area contributed by atoms with Gasteiger partial charge in [-0.15, -0.1) is 0 Å². The van der Waals surface area contributed by atoms with Gasteiger partial charge in [0.2, 0.25) is 0 Å². The van der Waals surface area contributed by atoms with Crippen molar-refractivity contribution in [2.75, 3.05) is 13.7 Å². The zero-order valence-corrected chi connectivity index (χ0v) is 14.7. The highest BCUT2D eigenvalue weighted by atomic mass is 16.5. The van der Waals surface area contributed by atoms with E-state index in [1.807, 2.05) is 67.6 Å². The Labute approximate surface area is 149 Å². The van der Waals surface area contributed by atoms with Gasteiger partial charge < -0.3 is 20.5 Å². The van der Waals surface area contributed by atoms with Crippen LogP contribution >= 0.6 is 0 Å². The molecule has 0 bridgehead atoms. The number of urea groups is 1. The molecule has 0 aliphatic rings. The van der Waals surface area contributed by atoms with Crippen molar-refractivity contribution < 1.29 is 14.6 Å². The van der Waals surface area contributed by atoms with Crippen molar-refractivity contribution >= 4 is 6.03 Å². The maximum absolute atomic E-state index is 12.3. The third kappa shape index (κ3) is 6.21. The Morgan fingerprint density at radius 3 is 2.12 bits per heavy atom. The number of hydrogen-bond donors (Lipinski definition) is 3. The number of amides is 2. The van der Waals surface area contributed by atoms with Crippen molar-refractivity contribution in [3.05, 3.63) is 71.8 Å². The van der Waals surface area contributed by atoms with Gasteiger partial charge in [0.1, 0.15) is 0 Å². The second-order valence-corrected chi connectivity index (χ2v) is 6.10. The summed E-state index contributed by atoms with van der Waals surface area (Å²) in [7, 11) is 1.61. The minimum absolute atomic E-state index is 0.172. The number of carbonyl (C=O) groups excluding carboxylic acids is 1. The molecule has 0 aliphatic heterocycles. The summed E-state index contributed by atoms with van der Waals surface area (Å²) < 4.78 is 5.20. The molecule has 3 N–H and O–H groups in total. The number of ether oxygens (including phenoxy) is 1. The number of aliphatic hydroxyl groups excluding tert-OH is 1. The molecule has 0 heterocycles. The Bertz CT molecular complexity index is 634. The zero-order chi connectivity index (χ0) is 18.1. The van der Waals surface area contributed by atoms with Crippen molar-refractivity contribution in [1.29, 1.82) is 0 Å². The van der Waals surface area contributed by atoms with Crippen LogP contribution < -0.4 is 10.6 Å². The van der Waals surface area contributed by atoms with Crippen LogP contribution in [0.25, 0.3) is 0 Å². The lowest BCUT2D eigenvalue weighted by Crippen LogP contribution is -2.43. The summed E-state index contributed by atoms with van der Waals surface area (Å²) in [5.41, 5.74) is 1.83. The van der Waals surface area contributed by atoms with E-state index in [2.05, 4.69) is 10.6 Å². The number of aliphatic hydroxyl groups is 1. The van der Waals surface area contributed by atoms with E-state index in [1.165, 1.54) is 0 Å². The number of methoxy groups -OCH3 is 1. The topological polar surface area (TPSA) is 70.6 Å². The van der Waals surface area contributed by atoms with Gasteiger partial charge in [-0.2, -0.15) is 0 Å². The van der Waals surface area contributed by atoms with Gasteiger partial charge >= 0.3 is 6.03 Å². The molecule has 3 unspecified atom stereocenters. The summed E-state index contributed by atoms with van der Waals surface area (Å²) in [4.78, 5) is 12.3. The molecular formula is C20H26N2O3. The molecule has 0 aliphatic carbocycles. The highest BCUT2D eigenvalue weighted by Crippen LogP contribution is 2.18. The molecule has 0 saturated heterocycles. The van der Waals surface area contributed by atoms with E-state index in [0.29, 0.717) is 13.0 Å². The molecule has 2 aromatic carbocycles. The van der Waals surface area contributed by atoms with Crippen molar-refractivity contribution in [3.63, 3.8) is 0 Å². The van der Waals surface area contributed by atoms with Gasteiger partial charge in [0, 0.05) is 13.2 Å². The van der Waals surface area contributed by atoms with E-state index in [0.717, 1.165) is 11.1 Å². The highest BCUT2D eigenvalue weighted by molar-refractivity contribution is 5.74. The van der Waals surface area contributed by atoms with Crippen molar-refractivity contribution in [2.45, 2.75) is 31.5 Å². The number of rotatable bonds is 8. The predicted octanol–water partition coefficient (Wildman–Crippen LogP) is 3.19. The van der Waals surface area contributed by atoms with E-state index in [1.54, 1.807) is 7.11 Å². The molecule has 0 radical (unpaired) electrons. The minimum Gasteiger partial charge on any atom is -0.388 e. The zero-order valence-electron chi connectivity index (χ0n) is 14.7. The fourth-order valence-electron chi connectivity index (χ4n) is 2.70. The fraction of sp³-hybridized carbons (Fsp3) is 0.350. The monoisotopic (exact) mass is 342 g/mol. The summed E-state index contributed by atoms with van der Waals surface area (Å²) in [6.07, 6.45) is -0.169. The molecule has 0 spiro atoms. The van der Waals surface area contributed by atoms with Gasteiger partial charge in [-0.25, -0.2) is 4.79 Å². The van der Waals surface area contributed by atoms with Crippen LogP contribution in [0.3, 0.4) is 0 Å². The molecule has 25 heavy (non-hydrogen) atoms. The Kier molecular flexibility index (Phi) is 7.44. The van der Waals surface area contributed by atoms with Crippen LogP contribution in [0.5, 0.6) is 0 Å². The highest BCUT2D eigenvalue weighted by Gasteiger charge is 2.17. The molecule has 5 heteroatoms. The molecule has 0 aromatic heterocycles. The van der Waals surface area contributed by atoms with Crippen molar-refractivity contribution in [1.82, 2.24) is 10.6 Å². The average Bonchev–Trinajstić information content (AvgIpc) is 2.62. The summed E-state index contributed by atoms with van der Waals surface area (Å²) >= 11 is 0. The quantitative estimate of drug-likeness (QED) is 0.690. The first-order valence-electron chi connectivity index (χ1n) is 8.44. The van der Waals surface area contributed by atoms with E-state index in [4.69, 9.17) is 4.74 Å². The lowest BCUT2D eigenvalue weighted by Gasteiger charge is -2.22. The van der Waals surface area contributed by atoms with E-state index in [9.17, 15) is 9.90 Å². The largest absolute Gasteiger partial charge is 0.388 e. The smallest absolute Gasteiger partial charge is 0.315 e. The van der Waals surface area contributed by atoms with Crippen LogP contribution in [0.4, 0.5) is 4.79 Å². The number of carbonyl (C=O) groups is 1. The maximum Gasteiger partial charge on any atom is 0.315 e. The maximum atomic E-state index is 12.3.